The Hall–Kier alpha value is -2.15. The zero-order valence-corrected chi connectivity index (χ0v) is 9.92. The second kappa shape index (κ2) is 5.01. The highest BCUT2D eigenvalue weighted by Gasteiger charge is 2.11. The van der Waals surface area contributed by atoms with E-state index in [-0.39, 0.29) is 11.7 Å². The van der Waals surface area contributed by atoms with E-state index in [4.69, 9.17) is 10.2 Å². The van der Waals surface area contributed by atoms with Crippen LogP contribution in [-0.2, 0) is 0 Å². The van der Waals surface area contributed by atoms with Gasteiger partial charge in [-0.2, -0.15) is 4.98 Å². The molecule has 7 nitrogen and oxygen atoms in total. The highest BCUT2D eigenvalue weighted by Crippen LogP contribution is 2.23. The summed E-state index contributed by atoms with van der Waals surface area (Å²) in [6.07, 6.45) is 0.846. The summed E-state index contributed by atoms with van der Waals surface area (Å²) in [6, 6.07) is 4.65. The Morgan fingerprint density at radius 2 is 2.39 bits per heavy atom. The average molecular weight is 250 g/mol. The van der Waals surface area contributed by atoms with Crippen LogP contribution >= 0.6 is 0 Å². The number of nitro groups is 1. The van der Waals surface area contributed by atoms with Gasteiger partial charge < -0.3 is 15.5 Å². The van der Waals surface area contributed by atoms with Gasteiger partial charge in [-0.25, -0.2) is 0 Å². The van der Waals surface area contributed by atoms with E-state index in [0.717, 1.165) is 6.42 Å². The van der Waals surface area contributed by atoms with Crippen LogP contribution < -0.4 is 11.1 Å². The van der Waals surface area contributed by atoms with Gasteiger partial charge in [-0.05, 0) is 12.5 Å². The number of rotatable bonds is 5. The summed E-state index contributed by atoms with van der Waals surface area (Å²) < 4.78 is 5.40. The lowest BCUT2D eigenvalue weighted by Gasteiger charge is -2.07. The van der Waals surface area contributed by atoms with E-state index in [2.05, 4.69) is 10.3 Å². The van der Waals surface area contributed by atoms with Gasteiger partial charge in [-0.1, -0.05) is 6.92 Å². The highest BCUT2D eigenvalue weighted by molar-refractivity contribution is 5.77. The molecule has 2 rings (SSSR count). The number of hydrogen-bond acceptors (Lipinski definition) is 6. The van der Waals surface area contributed by atoms with Crippen LogP contribution in [0.15, 0.2) is 22.6 Å². The van der Waals surface area contributed by atoms with Crippen LogP contribution in [0.25, 0.3) is 11.1 Å². The molecule has 1 atom stereocenters. The smallest absolute Gasteiger partial charge is 0.295 e. The maximum atomic E-state index is 10.6. The quantitative estimate of drug-likeness (QED) is 0.619. The normalized spacial score (nSPS) is 12.6. The molecule has 0 radical (unpaired) electrons. The van der Waals surface area contributed by atoms with E-state index < -0.39 is 4.92 Å². The van der Waals surface area contributed by atoms with E-state index >= 15 is 0 Å². The van der Waals surface area contributed by atoms with Crippen molar-refractivity contribution in [1.82, 2.24) is 4.98 Å². The molecule has 7 heteroatoms. The lowest BCUT2D eigenvalue weighted by molar-refractivity contribution is -0.384. The molecule has 2 aromatic rings. The van der Waals surface area contributed by atoms with Crippen LogP contribution in [0.5, 0.6) is 0 Å². The molecular weight excluding hydrogens is 236 g/mol. The molecule has 1 aromatic heterocycles. The summed E-state index contributed by atoms with van der Waals surface area (Å²) in [6.45, 7) is 2.53. The number of oxazole rings is 1. The largest absolute Gasteiger partial charge is 0.424 e. The minimum Gasteiger partial charge on any atom is -0.424 e. The molecule has 1 unspecified atom stereocenters. The predicted octanol–water partition coefficient (Wildman–Crippen LogP) is 1.89. The minimum atomic E-state index is -0.464. The van der Waals surface area contributed by atoms with Gasteiger partial charge in [0.15, 0.2) is 5.58 Å². The third-order valence-electron chi connectivity index (χ3n) is 2.62. The van der Waals surface area contributed by atoms with Crippen molar-refractivity contribution in [2.75, 3.05) is 11.9 Å². The Morgan fingerprint density at radius 3 is 3.06 bits per heavy atom. The fraction of sp³-hybridized carbons (Fsp3) is 0.364. The van der Waals surface area contributed by atoms with Gasteiger partial charge in [0.2, 0.25) is 0 Å². The molecule has 0 fully saturated rings. The van der Waals surface area contributed by atoms with Crippen LogP contribution in [0, 0.1) is 10.1 Å². The Morgan fingerprint density at radius 1 is 1.61 bits per heavy atom. The lowest BCUT2D eigenvalue weighted by atomic mass is 10.2. The molecule has 0 aliphatic rings. The Balaban J connectivity index is 2.19. The maximum absolute atomic E-state index is 10.6. The summed E-state index contributed by atoms with van der Waals surface area (Å²) in [5, 5.41) is 13.6. The first kappa shape index (κ1) is 12.3. The third-order valence-corrected chi connectivity index (χ3v) is 2.62. The molecule has 1 heterocycles. The number of anilines is 1. The zero-order chi connectivity index (χ0) is 13.1. The minimum absolute atomic E-state index is 0.00684. The van der Waals surface area contributed by atoms with Crippen molar-refractivity contribution in [3.63, 3.8) is 0 Å². The van der Waals surface area contributed by atoms with Crippen LogP contribution in [0.3, 0.4) is 0 Å². The number of nitrogens with one attached hydrogen (secondary N) is 1. The van der Waals surface area contributed by atoms with E-state index in [0.29, 0.717) is 23.7 Å². The highest BCUT2D eigenvalue weighted by atomic mass is 16.6. The number of hydrogen-bond donors (Lipinski definition) is 2. The molecule has 3 N–H and O–H groups in total. The zero-order valence-electron chi connectivity index (χ0n) is 9.92. The number of fused-ring (bicyclic) bond motifs is 1. The molecule has 0 bridgehead atoms. The number of non-ortho nitro benzene ring substituents is 1. The topological polar surface area (TPSA) is 107 Å². The maximum Gasteiger partial charge on any atom is 0.295 e. The van der Waals surface area contributed by atoms with E-state index in [1.165, 1.54) is 18.2 Å². The Bertz CT molecular complexity index is 566. The second-order valence-corrected chi connectivity index (χ2v) is 3.98. The van der Waals surface area contributed by atoms with Gasteiger partial charge in [0, 0.05) is 24.7 Å². The molecule has 1 aromatic carbocycles. The summed E-state index contributed by atoms with van der Waals surface area (Å²) in [5.74, 6) is 0. The number of benzene rings is 1. The standard InChI is InChI=1S/C11H14N4O3/c1-2-7(12)6-13-11-14-9-5-8(15(16)17)3-4-10(9)18-11/h3-5,7H,2,6,12H2,1H3,(H,13,14). The van der Waals surface area contributed by atoms with Gasteiger partial charge in [-0.3, -0.25) is 10.1 Å². The fourth-order valence-electron chi connectivity index (χ4n) is 1.47. The SMILES string of the molecule is CCC(N)CNc1nc2cc([N+](=O)[O-])ccc2o1. The van der Waals surface area contributed by atoms with Crippen LogP contribution in [0.4, 0.5) is 11.7 Å². The lowest BCUT2D eigenvalue weighted by Crippen LogP contribution is -2.28. The molecule has 0 saturated carbocycles. The molecule has 0 aliphatic carbocycles. The number of nitrogens with zero attached hydrogens (tertiary/aromatic N) is 2. The van der Waals surface area contributed by atoms with Crippen molar-refractivity contribution < 1.29 is 9.34 Å². The van der Waals surface area contributed by atoms with Gasteiger partial charge >= 0.3 is 0 Å². The number of aromatic nitrogens is 1. The molecule has 18 heavy (non-hydrogen) atoms. The molecule has 0 spiro atoms. The van der Waals surface area contributed by atoms with Crippen molar-refractivity contribution in [3.05, 3.63) is 28.3 Å². The summed E-state index contributed by atoms with van der Waals surface area (Å²) in [4.78, 5) is 14.3. The van der Waals surface area contributed by atoms with Crippen LogP contribution in [0.2, 0.25) is 0 Å². The van der Waals surface area contributed by atoms with Gasteiger partial charge in [0.05, 0.1) is 4.92 Å². The van der Waals surface area contributed by atoms with Crippen molar-refractivity contribution in [3.8, 4) is 0 Å². The molecule has 96 valence electrons. The predicted molar refractivity (Wildman–Crippen MR) is 67.4 cm³/mol. The summed E-state index contributed by atoms with van der Waals surface area (Å²) >= 11 is 0. The Kier molecular flexibility index (Phi) is 3.42. The first-order valence-electron chi connectivity index (χ1n) is 5.64. The van der Waals surface area contributed by atoms with E-state index in [9.17, 15) is 10.1 Å². The van der Waals surface area contributed by atoms with E-state index in [1.54, 1.807) is 0 Å². The fourth-order valence-corrected chi connectivity index (χ4v) is 1.47. The molecular formula is C11H14N4O3. The second-order valence-electron chi connectivity index (χ2n) is 3.98. The van der Waals surface area contributed by atoms with Gasteiger partial charge in [0.1, 0.15) is 5.52 Å². The van der Waals surface area contributed by atoms with Gasteiger partial charge in [-0.15, -0.1) is 0 Å². The van der Waals surface area contributed by atoms with Crippen LogP contribution in [-0.4, -0.2) is 22.5 Å². The Labute approximate surface area is 103 Å². The van der Waals surface area contributed by atoms with Crippen molar-refractivity contribution in [2.24, 2.45) is 5.73 Å². The summed E-state index contributed by atoms with van der Waals surface area (Å²) in [7, 11) is 0. The molecule has 0 saturated heterocycles. The monoisotopic (exact) mass is 250 g/mol. The third kappa shape index (κ3) is 2.57. The number of nitrogens with two attached hydrogens (primary N) is 1. The van der Waals surface area contributed by atoms with E-state index in [1.807, 2.05) is 6.92 Å². The van der Waals surface area contributed by atoms with Crippen LogP contribution in [0.1, 0.15) is 13.3 Å². The number of nitro benzene ring substituents is 1. The van der Waals surface area contributed by atoms with Gasteiger partial charge in [0.25, 0.3) is 11.7 Å². The van der Waals surface area contributed by atoms with Crippen molar-refractivity contribution >= 4 is 22.8 Å². The van der Waals surface area contributed by atoms with Crippen molar-refractivity contribution in [2.45, 2.75) is 19.4 Å². The molecule has 0 aliphatic heterocycles. The first-order valence-corrected chi connectivity index (χ1v) is 5.64. The summed E-state index contributed by atoms with van der Waals surface area (Å²) in [5.41, 5.74) is 6.71. The first-order chi connectivity index (χ1) is 8.60. The van der Waals surface area contributed by atoms with Crippen molar-refractivity contribution in [1.29, 1.82) is 0 Å². The average Bonchev–Trinajstić information content (AvgIpc) is 2.77. The molecule has 0 amide bonds.